The number of esters is 1. The van der Waals surface area contributed by atoms with Crippen LogP contribution in [0.3, 0.4) is 0 Å². The largest absolute Gasteiger partial charge is 0.455 e. The Morgan fingerprint density at radius 1 is 1.08 bits per heavy atom. The zero-order valence-corrected chi connectivity index (χ0v) is 14.2. The number of aryl methyl sites for hydroxylation is 1. The lowest BCUT2D eigenvalue weighted by molar-refractivity contribution is -0.146. The number of rotatable bonds is 8. The Morgan fingerprint density at radius 2 is 1.77 bits per heavy atom. The molecule has 0 unspecified atom stereocenters. The van der Waals surface area contributed by atoms with Crippen LogP contribution in [0.1, 0.15) is 18.1 Å². The molecule has 0 aliphatic heterocycles. The fourth-order valence-corrected chi connectivity index (χ4v) is 2.29. The number of ether oxygens (including phenoxy) is 2. The van der Waals surface area contributed by atoms with Crippen LogP contribution >= 0.6 is 0 Å². The van der Waals surface area contributed by atoms with Gasteiger partial charge in [0, 0.05) is 5.69 Å². The molecule has 0 fully saturated rings. The Labute approximate surface area is 149 Å². The third-order valence-electron chi connectivity index (χ3n) is 3.53. The zero-order valence-electron chi connectivity index (χ0n) is 14.2. The van der Waals surface area contributed by atoms with Crippen molar-refractivity contribution in [3.63, 3.8) is 0 Å². The molecule has 0 saturated carbocycles. The van der Waals surface area contributed by atoms with Crippen molar-refractivity contribution >= 4 is 17.6 Å². The molecule has 7 heteroatoms. The highest BCUT2D eigenvalue weighted by molar-refractivity contribution is 5.93. The molecule has 0 bridgehead atoms. The molecule has 0 radical (unpaired) electrons. The molecule has 5 nitrogen and oxygen atoms in total. The Balaban J connectivity index is 1.80. The average molecular weight is 363 g/mol. The van der Waals surface area contributed by atoms with E-state index in [1.165, 1.54) is 24.3 Å². The number of halogens is 2. The van der Waals surface area contributed by atoms with Gasteiger partial charge in [0.1, 0.15) is 5.75 Å². The minimum Gasteiger partial charge on any atom is -0.455 e. The highest BCUT2D eigenvalue weighted by Crippen LogP contribution is 2.16. The monoisotopic (exact) mass is 363 g/mol. The van der Waals surface area contributed by atoms with E-state index in [0.29, 0.717) is 11.3 Å². The maximum atomic E-state index is 12.1. The summed E-state index contributed by atoms with van der Waals surface area (Å²) >= 11 is 0. The molecular formula is C19H19F2NO4. The topological polar surface area (TPSA) is 64.6 Å². The maximum Gasteiger partial charge on any atom is 0.387 e. The molecule has 0 aliphatic carbocycles. The second-order valence-corrected chi connectivity index (χ2v) is 5.42. The van der Waals surface area contributed by atoms with Crippen LogP contribution in [0, 0.1) is 0 Å². The Hall–Kier alpha value is -2.96. The van der Waals surface area contributed by atoms with Crippen LogP contribution < -0.4 is 10.1 Å². The van der Waals surface area contributed by atoms with Gasteiger partial charge in [0.05, 0.1) is 6.42 Å². The average Bonchev–Trinajstić information content (AvgIpc) is 2.62. The number of benzene rings is 2. The highest BCUT2D eigenvalue weighted by atomic mass is 19.3. The quantitative estimate of drug-likeness (QED) is 0.728. The van der Waals surface area contributed by atoms with Crippen molar-refractivity contribution in [2.24, 2.45) is 0 Å². The van der Waals surface area contributed by atoms with Gasteiger partial charge in [-0.25, -0.2) is 0 Å². The summed E-state index contributed by atoms with van der Waals surface area (Å²) < 4.78 is 33.3. The van der Waals surface area contributed by atoms with Crippen molar-refractivity contribution in [3.05, 3.63) is 59.7 Å². The van der Waals surface area contributed by atoms with Crippen LogP contribution in [0.15, 0.2) is 48.5 Å². The van der Waals surface area contributed by atoms with Gasteiger partial charge in [-0.1, -0.05) is 37.3 Å². The smallest absolute Gasteiger partial charge is 0.387 e. The molecule has 138 valence electrons. The molecule has 1 amide bonds. The van der Waals surface area contributed by atoms with Gasteiger partial charge in [0.2, 0.25) is 0 Å². The van der Waals surface area contributed by atoms with E-state index in [9.17, 15) is 18.4 Å². The lowest BCUT2D eigenvalue weighted by Crippen LogP contribution is -2.22. The molecule has 0 aromatic heterocycles. The first-order chi connectivity index (χ1) is 12.5. The number of carbonyl (C=O) groups is 2. The van der Waals surface area contributed by atoms with E-state index in [-0.39, 0.29) is 12.2 Å². The molecular weight excluding hydrogens is 344 g/mol. The van der Waals surface area contributed by atoms with Crippen molar-refractivity contribution in [1.29, 1.82) is 0 Å². The fraction of sp³-hybridized carbons (Fsp3) is 0.263. The summed E-state index contributed by atoms with van der Waals surface area (Å²) in [5.74, 6) is -1.02. The van der Waals surface area contributed by atoms with Gasteiger partial charge in [-0.05, 0) is 35.7 Å². The van der Waals surface area contributed by atoms with Crippen LogP contribution in [0.5, 0.6) is 5.75 Å². The summed E-state index contributed by atoms with van der Waals surface area (Å²) in [6.45, 7) is -1.33. The number of carbonyl (C=O) groups excluding carboxylic acids is 2. The molecule has 26 heavy (non-hydrogen) atoms. The van der Waals surface area contributed by atoms with E-state index in [2.05, 4.69) is 10.1 Å². The Bertz CT molecular complexity index is 747. The number of amides is 1. The van der Waals surface area contributed by atoms with Gasteiger partial charge in [-0.2, -0.15) is 8.78 Å². The number of hydrogen-bond acceptors (Lipinski definition) is 4. The summed E-state index contributed by atoms with van der Waals surface area (Å²) in [6.07, 6.45) is 0.690. The van der Waals surface area contributed by atoms with Gasteiger partial charge < -0.3 is 14.8 Å². The zero-order chi connectivity index (χ0) is 18.9. The molecule has 0 spiro atoms. The minimum absolute atomic E-state index is 0.00563. The van der Waals surface area contributed by atoms with Crippen LogP contribution in [-0.2, 0) is 27.2 Å². The number of nitrogens with one attached hydrogen (secondary N) is 1. The van der Waals surface area contributed by atoms with Gasteiger partial charge in [-0.3, -0.25) is 9.59 Å². The van der Waals surface area contributed by atoms with Gasteiger partial charge in [0.15, 0.2) is 6.61 Å². The fourth-order valence-electron chi connectivity index (χ4n) is 2.29. The second-order valence-electron chi connectivity index (χ2n) is 5.42. The first-order valence-corrected chi connectivity index (χ1v) is 8.05. The molecule has 0 saturated heterocycles. The first kappa shape index (κ1) is 19.4. The van der Waals surface area contributed by atoms with E-state index in [1.807, 2.05) is 25.1 Å². The van der Waals surface area contributed by atoms with E-state index in [4.69, 9.17) is 4.74 Å². The van der Waals surface area contributed by atoms with Crippen molar-refractivity contribution in [2.45, 2.75) is 26.4 Å². The SMILES string of the molecule is CCc1ccccc1NC(=O)COC(=O)Cc1ccc(OC(F)F)cc1. The predicted octanol–water partition coefficient (Wildman–Crippen LogP) is 3.57. The summed E-state index contributed by atoms with van der Waals surface area (Å²) in [5, 5.41) is 2.70. The maximum absolute atomic E-state index is 12.1. The van der Waals surface area contributed by atoms with Crippen LogP contribution in [-0.4, -0.2) is 25.1 Å². The second kappa shape index (κ2) is 9.50. The minimum atomic E-state index is -2.90. The molecule has 1 N–H and O–H groups in total. The van der Waals surface area contributed by atoms with Crippen molar-refractivity contribution in [1.82, 2.24) is 0 Å². The normalized spacial score (nSPS) is 10.5. The number of hydrogen-bond donors (Lipinski definition) is 1. The van der Waals surface area contributed by atoms with Gasteiger partial charge in [-0.15, -0.1) is 0 Å². The number of anilines is 1. The lowest BCUT2D eigenvalue weighted by atomic mass is 10.1. The van der Waals surface area contributed by atoms with Crippen molar-refractivity contribution in [2.75, 3.05) is 11.9 Å². The van der Waals surface area contributed by atoms with Crippen molar-refractivity contribution < 1.29 is 27.8 Å². The predicted molar refractivity (Wildman–Crippen MR) is 92.2 cm³/mol. The summed E-state index contributed by atoms with van der Waals surface area (Å²) in [7, 11) is 0. The third-order valence-corrected chi connectivity index (χ3v) is 3.53. The van der Waals surface area contributed by atoms with Crippen LogP contribution in [0.2, 0.25) is 0 Å². The van der Waals surface area contributed by atoms with Crippen molar-refractivity contribution in [3.8, 4) is 5.75 Å². The van der Waals surface area contributed by atoms with E-state index >= 15 is 0 Å². The van der Waals surface area contributed by atoms with E-state index in [1.54, 1.807) is 6.07 Å². The molecule has 2 rings (SSSR count). The molecule has 0 heterocycles. The van der Waals surface area contributed by atoms with Crippen LogP contribution in [0.4, 0.5) is 14.5 Å². The summed E-state index contributed by atoms with van der Waals surface area (Å²) in [5.41, 5.74) is 2.23. The standard InChI is InChI=1S/C19H19F2NO4/c1-2-14-5-3-4-6-16(14)22-17(23)12-25-18(24)11-13-7-9-15(10-8-13)26-19(20)21/h3-10,19H,2,11-12H2,1H3,(H,22,23). The number of para-hydroxylation sites is 1. The molecule has 0 atom stereocenters. The van der Waals surface area contributed by atoms with Gasteiger partial charge in [0.25, 0.3) is 5.91 Å². The van der Waals surface area contributed by atoms with Gasteiger partial charge >= 0.3 is 12.6 Å². The molecule has 0 aliphatic rings. The summed E-state index contributed by atoms with van der Waals surface area (Å²) in [6, 6.07) is 13.0. The highest BCUT2D eigenvalue weighted by Gasteiger charge is 2.11. The van der Waals surface area contributed by atoms with E-state index in [0.717, 1.165) is 12.0 Å². The van der Waals surface area contributed by atoms with Crippen LogP contribution in [0.25, 0.3) is 0 Å². The molecule has 2 aromatic rings. The Kier molecular flexibility index (Phi) is 7.08. The first-order valence-electron chi connectivity index (χ1n) is 8.05. The lowest BCUT2D eigenvalue weighted by Gasteiger charge is -2.10. The number of alkyl halides is 2. The van der Waals surface area contributed by atoms with E-state index < -0.39 is 25.1 Å². The summed E-state index contributed by atoms with van der Waals surface area (Å²) in [4.78, 5) is 23.7. The molecule has 2 aromatic carbocycles. The third kappa shape index (κ3) is 6.16. The Morgan fingerprint density at radius 3 is 2.42 bits per heavy atom.